The Labute approximate surface area is 125 Å². The van der Waals surface area contributed by atoms with E-state index in [9.17, 15) is 9.90 Å². The van der Waals surface area contributed by atoms with E-state index >= 15 is 0 Å². The Bertz CT molecular complexity index is 481. The highest BCUT2D eigenvalue weighted by molar-refractivity contribution is 5.85. The highest BCUT2D eigenvalue weighted by Gasteiger charge is 2.30. The van der Waals surface area contributed by atoms with Gasteiger partial charge in [-0.15, -0.1) is 12.4 Å². The van der Waals surface area contributed by atoms with E-state index in [1.54, 1.807) is 0 Å². The van der Waals surface area contributed by atoms with Crippen LogP contribution < -0.4 is 10.6 Å². The van der Waals surface area contributed by atoms with Crippen molar-refractivity contribution in [1.82, 2.24) is 10.6 Å². The molecule has 3 rings (SSSR count). The molecule has 0 aromatic heterocycles. The summed E-state index contributed by atoms with van der Waals surface area (Å²) in [7, 11) is 0. The van der Waals surface area contributed by atoms with E-state index in [4.69, 9.17) is 0 Å². The minimum absolute atomic E-state index is 0. The molecular formula is C15H21ClN2O2. The van der Waals surface area contributed by atoms with Gasteiger partial charge in [-0.1, -0.05) is 24.3 Å². The second-order valence-electron chi connectivity index (χ2n) is 5.52. The van der Waals surface area contributed by atoms with Gasteiger partial charge in [-0.2, -0.15) is 0 Å². The molecule has 1 aliphatic carbocycles. The smallest absolute Gasteiger partial charge is 0.227 e. The monoisotopic (exact) mass is 296 g/mol. The maximum atomic E-state index is 12.3. The molecule has 1 heterocycles. The summed E-state index contributed by atoms with van der Waals surface area (Å²) in [6.45, 7) is 1.97. The lowest BCUT2D eigenvalue weighted by molar-refractivity contribution is -0.122. The SMILES string of the molecule is Cl.O=C(NCC1CNCC1O)C1CCc2ccccc21. The van der Waals surface area contributed by atoms with Crippen molar-refractivity contribution in [2.45, 2.75) is 24.9 Å². The van der Waals surface area contributed by atoms with Crippen molar-refractivity contribution in [2.75, 3.05) is 19.6 Å². The van der Waals surface area contributed by atoms with Crippen molar-refractivity contribution in [1.29, 1.82) is 0 Å². The molecule has 20 heavy (non-hydrogen) atoms. The number of carbonyl (C=O) groups is 1. The number of β-amino-alcohol motifs (C(OH)–C–C–N with tert-alkyl or cyclic N) is 1. The molecule has 2 aliphatic rings. The summed E-state index contributed by atoms with van der Waals surface area (Å²) in [5.74, 6) is 0.229. The summed E-state index contributed by atoms with van der Waals surface area (Å²) in [6.07, 6.45) is 1.55. The van der Waals surface area contributed by atoms with Gasteiger partial charge in [0.15, 0.2) is 0 Å². The van der Waals surface area contributed by atoms with Gasteiger partial charge in [0, 0.05) is 25.6 Å². The molecule has 5 heteroatoms. The van der Waals surface area contributed by atoms with Crippen molar-refractivity contribution in [2.24, 2.45) is 5.92 Å². The van der Waals surface area contributed by atoms with Gasteiger partial charge >= 0.3 is 0 Å². The summed E-state index contributed by atoms with van der Waals surface area (Å²) < 4.78 is 0. The van der Waals surface area contributed by atoms with Crippen LogP contribution in [0.15, 0.2) is 24.3 Å². The van der Waals surface area contributed by atoms with Crippen LogP contribution in [0.25, 0.3) is 0 Å². The Balaban J connectivity index is 0.00000147. The van der Waals surface area contributed by atoms with Gasteiger partial charge in [0.25, 0.3) is 0 Å². The van der Waals surface area contributed by atoms with Crippen LogP contribution in [0.1, 0.15) is 23.5 Å². The molecule has 0 spiro atoms. The maximum absolute atomic E-state index is 12.3. The molecule has 1 aliphatic heterocycles. The van der Waals surface area contributed by atoms with Crippen LogP contribution in [-0.4, -0.2) is 36.8 Å². The Morgan fingerprint density at radius 1 is 1.35 bits per heavy atom. The molecule has 3 unspecified atom stereocenters. The molecule has 1 saturated heterocycles. The number of aliphatic hydroxyl groups is 1. The largest absolute Gasteiger partial charge is 0.391 e. The number of benzene rings is 1. The van der Waals surface area contributed by atoms with E-state index in [1.807, 2.05) is 12.1 Å². The number of hydrogen-bond acceptors (Lipinski definition) is 3. The first-order valence-electron chi connectivity index (χ1n) is 7.00. The van der Waals surface area contributed by atoms with Gasteiger partial charge in [-0.25, -0.2) is 0 Å². The van der Waals surface area contributed by atoms with Crippen LogP contribution in [0.3, 0.4) is 0 Å². The third-order valence-corrected chi connectivity index (χ3v) is 4.29. The minimum atomic E-state index is -0.337. The number of aryl methyl sites for hydroxylation is 1. The van der Waals surface area contributed by atoms with Crippen LogP contribution in [0.5, 0.6) is 0 Å². The van der Waals surface area contributed by atoms with E-state index < -0.39 is 0 Å². The number of fused-ring (bicyclic) bond motifs is 1. The first-order chi connectivity index (χ1) is 9.25. The fourth-order valence-electron chi connectivity index (χ4n) is 3.11. The second-order valence-corrected chi connectivity index (χ2v) is 5.52. The fraction of sp³-hybridized carbons (Fsp3) is 0.533. The first-order valence-corrected chi connectivity index (χ1v) is 7.00. The minimum Gasteiger partial charge on any atom is -0.391 e. The van der Waals surface area contributed by atoms with Gasteiger partial charge < -0.3 is 15.7 Å². The van der Waals surface area contributed by atoms with E-state index in [1.165, 1.54) is 11.1 Å². The average Bonchev–Trinajstić information content (AvgIpc) is 3.02. The summed E-state index contributed by atoms with van der Waals surface area (Å²) in [6, 6.07) is 8.18. The number of aliphatic hydroxyl groups excluding tert-OH is 1. The quantitative estimate of drug-likeness (QED) is 0.774. The second kappa shape index (κ2) is 6.57. The number of carbonyl (C=O) groups excluding carboxylic acids is 1. The molecule has 1 aromatic rings. The van der Waals surface area contributed by atoms with Crippen LogP contribution in [0.4, 0.5) is 0 Å². The Kier molecular flexibility index (Phi) is 5.02. The number of amides is 1. The molecule has 1 amide bonds. The van der Waals surface area contributed by atoms with Crippen molar-refractivity contribution in [3.05, 3.63) is 35.4 Å². The van der Waals surface area contributed by atoms with Crippen molar-refractivity contribution in [3.8, 4) is 0 Å². The maximum Gasteiger partial charge on any atom is 0.227 e. The lowest BCUT2D eigenvalue weighted by Crippen LogP contribution is -2.36. The van der Waals surface area contributed by atoms with Crippen LogP contribution >= 0.6 is 12.4 Å². The molecule has 1 fully saturated rings. The van der Waals surface area contributed by atoms with Crippen LogP contribution in [0.2, 0.25) is 0 Å². The third kappa shape index (κ3) is 2.97. The predicted octanol–water partition coefficient (Wildman–Crippen LogP) is 0.835. The standard InChI is InChI=1S/C15H20N2O2.ClH/c18-14-9-16-7-11(14)8-17-15(19)13-6-5-10-3-1-2-4-12(10)13;/h1-4,11,13-14,16,18H,5-9H2,(H,17,19);1H. The van der Waals surface area contributed by atoms with Crippen LogP contribution in [0, 0.1) is 5.92 Å². The Morgan fingerprint density at radius 2 is 2.15 bits per heavy atom. The van der Waals surface area contributed by atoms with E-state index in [0.29, 0.717) is 13.1 Å². The molecule has 4 nitrogen and oxygen atoms in total. The number of rotatable bonds is 3. The molecule has 0 radical (unpaired) electrons. The van der Waals surface area contributed by atoms with Gasteiger partial charge in [-0.05, 0) is 24.0 Å². The summed E-state index contributed by atoms with van der Waals surface area (Å²) in [5.41, 5.74) is 2.47. The fourth-order valence-corrected chi connectivity index (χ4v) is 3.11. The molecule has 0 bridgehead atoms. The summed E-state index contributed by atoms with van der Waals surface area (Å²) in [5, 5.41) is 15.8. The Hall–Kier alpha value is -1.10. The summed E-state index contributed by atoms with van der Waals surface area (Å²) in [4.78, 5) is 12.3. The van der Waals surface area contributed by atoms with Gasteiger partial charge in [0.1, 0.15) is 0 Å². The highest BCUT2D eigenvalue weighted by atomic mass is 35.5. The lowest BCUT2D eigenvalue weighted by Gasteiger charge is -2.17. The van der Waals surface area contributed by atoms with Crippen molar-refractivity contribution in [3.63, 3.8) is 0 Å². The average molecular weight is 297 g/mol. The van der Waals surface area contributed by atoms with E-state index in [0.717, 1.165) is 19.4 Å². The molecule has 3 atom stereocenters. The molecule has 0 saturated carbocycles. The zero-order valence-corrected chi connectivity index (χ0v) is 12.2. The predicted molar refractivity (Wildman–Crippen MR) is 80.1 cm³/mol. The zero-order chi connectivity index (χ0) is 13.2. The topological polar surface area (TPSA) is 61.4 Å². The van der Waals surface area contributed by atoms with Gasteiger partial charge in [0.05, 0.1) is 12.0 Å². The third-order valence-electron chi connectivity index (χ3n) is 4.29. The lowest BCUT2D eigenvalue weighted by atomic mass is 10.00. The van der Waals surface area contributed by atoms with Crippen molar-refractivity contribution < 1.29 is 9.90 Å². The number of halogens is 1. The zero-order valence-electron chi connectivity index (χ0n) is 11.3. The molecule has 1 aromatic carbocycles. The van der Waals surface area contributed by atoms with Gasteiger partial charge in [0.2, 0.25) is 5.91 Å². The summed E-state index contributed by atoms with van der Waals surface area (Å²) >= 11 is 0. The normalized spacial score (nSPS) is 27.8. The molecule has 3 N–H and O–H groups in total. The Morgan fingerprint density at radius 3 is 2.90 bits per heavy atom. The van der Waals surface area contributed by atoms with E-state index in [-0.39, 0.29) is 36.3 Å². The number of hydrogen-bond donors (Lipinski definition) is 3. The van der Waals surface area contributed by atoms with Crippen molar-refractivity contribution >= 4 is 18.3 Å². The first kappa shape index (κ1) is 15.3. The van der Waals surface area contributed by atoms with E-state index in [2.05, 4.69) is 22.8 Å². The van der Waals surface area contributed by atoms with Gasteiger partial charge in [-0.3, -0.25) is 4.79 Å². The molecular weight excluding hydrogens is 276 g/mol. The van der Waals surface area contributed by atoms with Crippen LogP contribution in [-0.2, 0) is 11.2 Å². The molecule has 110 valence electrons. The number of nitrogens with one attached hydrogen (secondary N) is 2. The highest BCUT2D eigenvalue weighted by Crippen LogP contribution is 2.32.